The van der Waals surface area contributed by atoms with Crippen molar-refractivity contribution in [2.45, 2.75) is 24.3 Å². The van der Waals surface area contributed by atoms with E-state index < -0.39 is 0 Å². The van der Waals surface area contributed by atoms with Gasteiger partial charge in [0.05, 0.1) is 6.04 Å². The van der Waals surface area contributed by atoms with Crippen molar-refractivity contribution in [3.8, 4) is 0 Å². The molecule has 0 aromatic heterocycles. The van der Waals surface area contributed by atoms with Crippen LogP contribution in [0.4, 0.5) is 16.2 Å². The molecule has 0 aliphatic carbocycles. The summed E-state index contributed by atoms with van der Waals surface area (Å²) >= 11 is 1.67. The van der Waals surface area contributed by atoms with E-state index in [9.17, 15) is 4.79 Å². The quantitative estimate of drug-likeness (QED) is 0.773. The van der Waals surface area contributed by atoms with E-state index in [1.807, 2.05) is 41.5 Å². The van der Waals surface area contributed by atoms with Gasteiger partial charge in [-0.05, 0) is 43.0 Å². The number of hydrogen-bond donors (Lipinski definition) is 1. The average molecular weight is 356 g/mol. The molecular weight excluding hydrogens is 330 g/mol. The summed E-state index contributed by atoms with van der Waals surface area (Å²) < 4.78 is 0. The molecule has 1 saturated heterocycles. The predicted molar refractivity (Wildman–Crippen MR) is 107 cm³/mol. The third-order valence-electron chi connectivity index (χ3n) is 4.46. The van der Waals surface area contributed by atoms with Crippen LogP contribution >= 0.6 is 11.8 Å². The Morgan fingerprint density at radius 3 is 2.64 bits per heavy atom. The third kappa shape index (κ3) is 4.28. The van der Waals surface area contributed by atoms with E-state index in [4.69, 9.17) is 0 Å². The van der Waals surface area contributed by atoms with E-state index in [1.54, 1.807) is 11.8 Å². The van der Waals surface area contributed by atoms with Crippen molar-refractivity contribution in [3.05, 3.63) is 54.6 Å². The van der Waals surface area contributed by atoms with Gasteiger partial charge in [0.25, 0.3) is 0 Å². The first-order valence-corrected chi connectivity index (χ1v) is 9.95. The molecule has 25 heavy (non-hydrogen) atoms. The average Bonchev–Trinajstić information content (AvgIpc) is 2.60. The van der Waals surface area contributed by atoms with Gasteiger partial charge in [0, 0.05) is 35.9 Å². The number of rotatable bonds is 6. The van der Waals surface area contributed by atoms with Crippen LogP contribution in [0.1, 0.15) is 13.3 Å². The highest BCUT2D eigenvalue weighted by atomic mass is 32.2. The van der Waals surface area contributed by atoms with Crippen LogP contribution in [0, 0.1) is 0 Å². The highest BCUT2D eigenvalue weighted by molar-refractivity contribution is 7.98. The normalized spacial score (nSPS) is 14.1. The first kappa shape index (κ1) is 17.7. The molecular formula is C20H25N3OS. The van der Waals surface area contributed by atoms with Crippen LogP contribution in [-0.4, -0.2) is 42.9 Å². The number of carbonyl (C=O) groups excluding carboxylic acids is 1. The monoisotopic (exact) mass is 355 g/mol. The van der Waals surface area contributed by atoms with Crippen molar-refractivity contribution in [1.82, 2.24) is 4.90 Å². The van der Waals surface area contributed by atoms with Gasteiger partial charge in [-0.15, -0.1) is 11.8 Å². The number of anilines is 2. The van der Waals surface area contributed by atoms with Crippen molar-refractivity contribution in [1.29, 1.82) is 0 Å². The number of amides is 2. The lowest BCUT2D eigenvalue weighted by atomic mass is 10.1. The van der Waals surface area contributed by atoms with Gasteiger partial charge in [0.1, 0.15) is 0 Å². The number of urea groups is 1. The van der Waals surface area contributed by atoms with Gasteiger partial charge in [0.2, 0.25) is 0 Å². The van der Waals surface area contributed by atoms with Crippen LogP contribution in [-0.2, 0) is 0 Å². The van der Waals surface area contributed by atoms with Crippen LogP contribution in [0.25, 0.3) is 0 Å². The van der Waals surface area contributed by atoms with Gasteiger partial charge >= 0.3 is 6.03 Å². The molecule has 3 rings (SSSR count). The maximum Gasteiger partial charge on any atom is 0.321 e. The van der Waals surface area contributed by atoms with Crippen molar-refractivity contribution >= 4 is 29.2 Å². The molecule has 1 fully saturated rings. The van der Waals surface area contributed by atoms with Crippen LogP contribution in [0.2, 0.25) is 0 Å². The van der Waals surface area contributed by atoms with Gasteiger partial charge in [0.15, 0.2) is 0 Å². The van der Waals surface area contributed by atoms with Crippen LogP contribution in [0.15, 0.2) is 59.5 Å². The standard InChI is InChI=1S/C20H25N3OS/c1-3-12-23(17-9-5-4-6-10-17)18-14-22(15-18)20(24)21-16-8-7-11-19(13-16)25-2/h4-11,13,18H,3,12,14-15H2,1-2H3,(H,21,24). The summed E-state index contributed by atoms with van der Waals surface area (Å²) in [5, 5.41) is 3.00. The Labute approximate surface area is 154 Å². The Morgan fingerprint density at radius 2 is 1.96 bits per heavy atom. The third-order valence-corrected chi connectivity index (χ3v) is 5.19. The number of hydrogen-bond acceptors (Lipinski definition) is 3. The summed E-state index contributed by atoms with van der Waals surface area (Å²) in [6.45, 7) is 4.74. The fourth-order valence-corrected chi connectivity index (χ4v) is 3.56. The smallest absolute Gasteiger partial charge is 0.321 e. The van der Waals surface area contributed by atoms with Gasteiger partial charge < -0.3 is 15.1 Å². The van der Waals surface area contributed by atoms with E-state index in [2.05, 4.69) is 41.4 Å². The zero-order valence-electron chi connectivity index (χ0n) is 14.8. The van der Waals surface area contributed by atoms with Crippen molar-refractivity contribution in [3.63, 3.8) is 0 Å². The molecule has 1 aliphatic rings. The molecule has 5 heteroatoms. The Morgan fingerprint density at radius 1 is 1.20 bits per heavy atom. The molecule has 0 unspecified atom stereocenters. The fraction of sp³-hybridized carbons (Fsp3) is 0.350. The van der Waals surface area contributed by atoms with Gasteiger partial charge in [-0.1, -0.05) is 31.2 Å². The number of para-hydroxylation sites is 1. The lowest BCUT2D eigenvalue weighted by Crippen LogP contribution is -2.62. The Hall–Kier alpha value is -2.14. The van der Waals surface area contributed by atoms with E-state index in [1.165, 1.54) is 5.69 Å². The minimum absolute atomic E-state index is 0.0148. The number of nitrogens with one attached hydrogen (secondary N) is 1. The van der Waals surface area contributed by atoms with E-state index in [-0.39, 0.29) is 6.03 Å². The van der Waals surface area contributed by atoms with Crippen LogP contribution in [0.5, 0.6) is 0 Å². The van der Waals surface area contributed by atoms with Gasteiger partial charge in [-0.25, -0.2) is 4.79 Å². The minimum Gasteiger partial charge on any atom is -0.365 e. The van der Waals surface area contributed by atoms with Gasteiger partial charge in [-0.3, -0.25) is 0 Å². The summed E-state index contributed by atoms with van der Waals surface area (Å²) in [6, 6.07) is 18.8. The Bertz CT molecular complexity index is 701. The van der Waals surface area contributed by atoms with Crippen LogP contribution < -0.4 is 10.2 Å². The molecule has 132 valence electrons. The summed E-state index contributed by atoms with van der Waals surface area (Å²) in [6.07, 6.45) is 3.13. The molecule has 2 amide bonds. The van der Waals surface area contributed by atoms with Crippen molar-refractivity contribution in [2.24, 2.45) is 0 Å². The molecule has 0 saturated carbocycles. The molecule has 2 aromatic rings. The largest absolute Gasteiger partial charge is 0.365 e. The second-order valence-corrected chi connectivity index (χ2v) is 7.13. The number of carbonyl (C=O) groups is 1. The van der Waals surface area contributed by atoms with Gasteiger partial charge in [-0.2, -0.15) is 0 Å². The molecule has 0 radical (unpaired) electrons. The number of benzene rings is 2. The maximum absolute atomic E-state index is 12.4. The molecule has 4 nitrogen and oxygen atoms in total. The second-order valence-electron chi connectivity index (χ2n) is 6.25. The number of thioether (sulfide) groups is 1. The lowest BCUT2D eigenvalue weighted by Gasteiger charge is -2.46. The lowest BCUT2D eigenvalue weighted by molar-refractivity contribution is 0.161. The predicted octanol–water partition coefficient (Wildman–Crippen LogP) is 4.54. The number of likely N-dealkylation sites (tertiary alicyclic amines) is 1. The van der Waals surface area contributed by atoms with E-state index in [0.29, 0.717) is 6.04 Å². The Balaban J connectivity index is 1.57. The summed E-state index contributed by atoms with van der Waals surface area (Å²) in [5.41, 5.74) is 2.09. The molecule has 2 aromatic carbocycles. The zero-order valence-corrected chi connectivity index (χ0v) is 15.6. The fourth-order valence-electron chi connectivity index (χ4n) is 3.10. The van der Waals surface area contributed by atoms with E-state index in [0.717, 1.165) is 36.6 Å². The SMILES string of the molecule is CCCN(c1ccccc1)C1CN(C(=O)Nc2cccc(SC)c2)C1. The van der Waals surface area contributed by atoms with Crippen molar-refractivity contribution < 1.29 is 4.79 Å². The van der Waals surface area contributed by atoms with Crippen LogP contribution in [0.3, 0.4) is 0 Å². The summed E-state index contributed by atoms with van der Waals surface area (Å²) in [7, 11) is 0. The molecule has 0 bridgehead atoms. The first-order chi connectivity index (χ1) is 12.2. The summed E-state index contributed by atoms with van der Waals surface area (Å²) in [5.74, 6) is 0. The molecule has 1 aliphatic heterocycles. The molecule has 0 spiro atoms. The van der Waals surface area contributed by atoms with E-state index >= 15 is 0 Å². The summed E-state index contributed by atoms with van der Waals surface area (Å²) in [4.78, 5) is 17.9. The topological polar surface area (TPSA) is 35.6 Å². The zero-order chi connectivity index (χ0) is 17.6. The molecule has 1 heterocycles. The Kier molecular flexibility index (Phi) is 5.87. The van der Waals surface area contributed by atoms with Crippen molar-refractivity contribution in [2.75, 3.05) is 36.1 Å². The number of nitrogens with zero attached hydrogens (tertiary/aromatic N) is 2. The molecule has 1 N–H and O–H groups in total. The highest BCUT2D eigenvalue weighted by Crippen LogP contribution is 2.24. The second kappa shape index (κ2) is 8.30. The highest BCUT2D eigenvalue weighted by Gasteiger charge is 2.34. The molecule has 0 atom stereocenters. The maximum atomic E-state index is 12.4. The first-order valence-electron chi connectivity index (χ1n) is 8.73. The minimum atomic E-state index is -0.0148.